The fourth-order valence-corrected chi connectivity index (χ4v) is 6.67. The number of hydrogen-bond donors (Lipinski definition) is 0. The fourth-order valence-electron chi connectivity index (χ4n) is 6.67. The van der Waals surface area contributed by atoms with Crippen LogP contribution in [0.1, 0.15) is 79.1 Å². The Bertz CT molecular complexity index is 1870. The second-order valence-corrected chi connectivity index (χ2v) is 12.7. The van der Waals surface area contributed by atoms with Gasteiger partial charge >= 0.3 is 0 Å². The number of allylic oxidation sites excluding steroid dienone is 15. The van der Waals surface area contributed by atoms with E-state index in [9.17, 15) is 4.79 Å². The molecule has 2 heteroatoms. The highest BCUT2D eigenvalue weighted by molar-refractivity contribution is 6.25. The zero-order valence-electron chi connectivity index (χ0n) is 26.8. The molecule has 2 nitrogen and oxygen atoms in total. The van der Waals surface area contributed by atoms with Crippen molar-refractivity contribution in [2.45, 2.75) is 51.9 Å². The van der Waals surface area contributed by atoms with E-state index in [-0.39, 0.29) is 17.1 Å². The Morgan fingerprint density at radius 1 is 0.933 bits per heavy atom. The van der Waals surface area contributed by atoms with Gasteiger partial charge in [-0.1, -0.05) is 131 Å². The number of fused-ring (bicyclic) bond motifs is 2. The molecule has 224 valence electrons. The molecule has 0 radical (unpaired) electrons. The van der Waals surface area contributed by atoms with E-state index in [1.807, 2.05) is 19.1 Å². The Morgan fingerprint density at radius 2 is 1.71 bits per heavy atom. The number of benzene rings is 3. The average molecular weight is 588 g/mol. The third kappa shape index (κ3) is 5.81. The van der Waals surface area contributed by atoms with Crippen molar-refractivity contribution in [3.63, 3.8) is 0 Å². The number of carbonyl (C=O) groups excluding carboxylic acids is 1. The minimum absolute atomic E-state index is 0.0473. The Labute approximate surface area is 268 Å². The van der Waals surface area contributed by atoms with E-state index >= 15 is 0 Å². The minimum Gasteiger partial charge on any atom is -0.310 e. The summed E-state index contributed by atoms with van der Waals surface area (Å²) in [5, 5.41) is 0. The zero-order chi connectivity index (χ0) is 31.6. The molecule has 0 saturated carbocycles. The first-order valence-electron chi connectivity index (χ1n) is 15.9. The first kappa shape index (κ1) is 30.1. The highest BCUT2D eigenvalue weighted by Crippen LogP contribution is 2.46. The number of hydrogen-bond acceptors (Lipinski definition) is 2. The van der Waals surface area contributed by atoms with Gasteiger partial charge in [0.15, 0.2) is 5.78 Å². The molecule has 0 heterocycles. The smallest absolute Gasteiger partial charge is 0.196 e. The van der Waals surface area contributed by atoms with Crippen LogP contribution in [0.5, 0.6) is 0 Å². The Hall–Kier alpha value is -4.95. The molecular weight excluding hydrogens is 546 g/mol. The highest BCUT2D eigenvalue weighted by atomic mass is 16.1. The van der Waals surface area contributed by atoms with E-state index < -0.39 is 0 Å². The maximum atomic E-state index is 14.1. The number of nitrogens with zero attached hydrogens (tertiary/aromatic N) is 1. The van der Waals surface area contributed by atoms with Gasteiger partial charge < -0.3 is 4.90 Å². The number of carbonyl (C=O) groups is 1. The lowest BCUT2D eigenvalue weighted by atomic mass is 9.76. The number of ketones is 1. The summed E-state index contributed by atoms with van der Waals surface area (Å²) in [6, 6.07) is 21.8. The van der Waals surface area contributed by atoms with Crippen molar-refractivity contribution < 1.29 is 4.79 Å². The van der Waals surface area contributed by atoms with Crippen molar-refractivity contribution in [1.82, 2.24) is 0 Å². The van der Waals surface area contributed by atoms with Crippen LogP contribution in [0.2, 0.25) is 0 Å². The lowest BCUT2D eigenvalue weighted by Crippen LogP contribution is -2.21. The van der Waals surface area contributed by atoms with E-state index in [1.165, 1.54) is 22.3 Å². The second kappa shape index (κ2) is 12.6. The molecular formula is C43H41NO. The first-order chi connectivity index (χ1) is 21.8. The molecule has 0 saturated heterocycles. The van der Waals surface area contributed by atoms with Crippen molar-refractivity contribution in [3.8, 4) is 0 Å². The van der Waals surface area contributed by atoms with Gasteiger partial charge in [0.05, 0.1) is 11.3 Å². The third-order valence-corrected chi connectivity index (χ3v) is 9.21. The average Bonchev–Trinajstić information content (AvgIpc) is 3.19. The van der Waals surface area contributed by atoms with Gasteiger partial charge in [0.1, 0.15) is 0 Å². The maximum absolute atomic E-state index is 14.1. The largest absolute Gasteiger partial charge is 0.310 e. The van der Waals surface area contributed by atoms with Gasteiger partial charge in [0.2, 0.25) is 0 Å². The zero-order valence-corrected chi connectivity index (χ0v) is 26.8. The quantitative estimate of drug-likeness (QED) is 0.267. The lowest BCUT2D eigenvalue weighted by molar-refractivity contribution is 0.104. The van der Waals surface area contributed by atoms with Gasteiger partial charge in [-0.2, -0.15) is 0 Å². The van der Waals surface area contributed by atoms with E-state index in [0.717, 1.165) is 52.2 Å². The number of Topliss-reactive ketones (excluding diaryl/α,β-unsaturated/α-hetero) is 1. The summed E-state index contributed by atoms with van der Waals surface area (Å²) >= 11 is 0. The van der Waals surface area contributed by atoms with Crippen LogP contribution < -0.4 is 4.90 Å². The summed E-state index contributed by atoms with van der Waals surface area (Å²) in [6.45, 7) is 12.8. The van der Waals surface area contributed by atoms with E-state index in [4.69, 9.17) is 0 Å². The van der Waals surface area contributed by atoms with Crippen LogP contribution in [-0.2, 0) is 5.41 Å². The molecule has 0 bridgehead atoms. The molecule has 0 aliphatic heterocycles. The van der Waals surface area contributed by atoms with Crippen molar-refractivity contribution in [3.05, 3.63) is 174 Å². The van der Waals surface area contributed by atoms with Crippen molar-refractivity contribution in [2.24, 2.45) is 0 Å². The summed E-state index contributed by atoms with van der Waals surface area (Å²) in [5.41, 5.74) is 11.4. The molecule has 0 spiro atoms. The highest BCUT2D eigenvalue weighted by Gasteiger charge is 2.32. The predicted molar refractivity (Wildman–Crippen MR) is 193 cm³/mol. The SMILES string of the molecule is C=C/C=C\C1=C(C)c2cccc(N(c3ccc(C4=CCC=CC=C4)cc3)c3ccc4c(c3)C(C)(C)C/C=C\C=C/C4C)c2C1=O. The molecule has 45 heavy (non-hydrogen) atoms. The number of anilines is 3. The van der Waals surface area contributed by atoms with Crippen LogP contribution in [0.25, 0.3) is 11.1 Å². The minimum atomic E-state index is -0.0702. The standard InChI is InChI=1S/C43H41NO/c1-6-7-19-38-31(3)37-20-15-21-40(41(37)42(38)45)44(34-24-22-33(23-25-34)32-17-12-8-9-13-18-32)35-26-27-36-30(2)16-11-10-14-28-43(4,5)39(36)29-35/h6-12,14-27,29-30H,1,13,28H2,2-5H3/b14-10-,16-11-,19-7-. The van der Waals surface area contributed by atoms with E-state index in [0.29, 0.717) is 0 Å². The molecule has 0 N–H and O–H groups in total. The molecule has 0 amide bonds. The molecule has 0 aromatic heterocycles. The Balaban J connectivity index is 1.54. The third-order valence-electron chi connectivity index (χ3n) is 9.21. The fraction of sp³-hybridized carbons (Fsp3) is 0.186. The maximum Gasteiger partial charge on any atom is 0.196 e. The Kier molecular flexibility index (Phi) is 8.41. The van der Waals surface area contributed by atoms with Crippen LogP contribution in [-0.4, -0.2) is 5.78 Å². The molecule has 3 aliphatic carbocycles. The van der Waals surface area contributed by atoms with Crippen molar-refractivity contribution >= 4 is 34.0 Å². The molecule has 1 atom stereocenters. The van der Waals surface area contributed by atoms with E-state index in [2.05, 4.69) is 148 Å². The van der Waals surface area contributed by atoms with Gasteiger partial charge in [-0.3, -0.25) is 4.79 Å². The topological polar surface area (TPSA) is 20.3 Å². The first-order valence-corrected chi connectivity index (χ1v) is 15.9. The number of rotatable bonds is 6. The van der Waals surface area contributed by atoms with Crippen LogP contribution in [0.15, 0.2) is 146 Å². The van der Waals surface area contributed by atoms with Gasteiger partial charge in [-0.25, -0.2) is 0 Å². The molecule has 3 aromatic carbocycles. The van der Waals surface area contributed by atoms with Crippen molar-refractivity contribution in [2.75, 3.05) is 4.90 Å². The molecule has 6 rings (SSSR count). The van der Waals surface area contributed by atoms with Gasteiger partial charge in [-0.15, -0.1) is 0 Å². The van der Waals surface area contributed by atoms with Gasteiger partial charge in [-0.05, 0) is 94.8 Å². The molecule has 3 aliphatic rings. The van der Waals surface area contributed by atoms with Crippen molar-refractivity contribution in [1.29, 1.82) is 0 Å². The second-order valence-electron chi connectivity index (χ2n) is 12.7. The monoisotopic (exact) mass is 587 g/mol. The summed E-state index contributed by atoms with van der Waals surface area (Å²) < 4.78 is 0. The predicted octanol–water partition coefficient (Wildman–Crippen LogP) is 11.7. The Morgan fingerprint density at radius 3 is 2.51 bits per heavy atom. The van der Waals surface area contributed by atoms with Gasteiger partial charge in [0.25, 0.3) is 0 Å². The summed E-state index contributed by atoms with van der Waals surface area (Å²) in [4.78, 5) is 16.4. The van der Waals surface area contributed by atoms with Gasteiger partial charge in [0, 0.05) is 16.9 Å². The molecule has 1 unspecified atom stereocenters. The summed E-state index contributed by atoms with van der Waals surface area (Å²) in [6.07, 6.45) is 26.9. The molecule has 3 aromatic rings. The van der Waals surface area contributed by atoms with Crippen LogP contribution >= 0.6 is 0 Å². The van der Waals surface area contributed by atoms with Crippen LogP contribution in [0, 0.1) is 0 Å². The van der Waals surface area contributed by atoms with Crippen LogP contribution in [0.3, 0.4) is 0 Å². The molecule has 0 fully saturated rings. The lowest BCUT2D eigenvalue weighted by Gasteiger charge is -2.32. The summed E-state index contributed by atoms with van der Waals surface area (Å²) in [5.74, 6) is 0.332. The summed E-state index contributed by atoms with van der Waals surface area (Å²) in [7, 11) is 0. The van der Waals surface area contributed by atoms with Crippen LogP contribution in [0.4, 0.5) is 17.1 Å². The normalized spacial score (nSPS) is 20.0. The van der Waals surface area contributed by atoms with E-state index in [1.54, 1.807) is 6.08 Å².